The fourth-order valence-electron chi connectivity index (χ4n) is 3.65. The molecule has 28 heavy (non-hydrogen) atoms. The van der Waals surface area contributed by atoms with Crippen molar-refractivity contribution >= 4 is 32.5 Å². The number of nitro benzene ring substituents is 1. The standard InChI is InChI=1S/C18H24N4O4S2/c1-21(2)16-6-4-3-5-14(16)20-15-8-7-13(11-17(15)22(23)24)28(25,26)12-18-19-9-10-27-18/h7-11,14,16,20H,3-6,12H2,1-2H3/t14-,16-/m0/s1. The monoisotopic (exact) mass is 424 g/mol. The van der Waals surface area contributed by atoms with Crippen molar-refractivity contribution in [2.75, 3.05) is 19.4 Å². The lowest BCUT2D eigenvalue weighted by molar-refractivity contribution is -0.384. The zero-order chi connectivity index (χ0) is 20.3. The van der Waals surface area contributed by atoms with Gasteiger partial charge in [0.25, 0.3) is 5.69 Å². The average molecular weight is 425 g/mol. The van der Waals surface area contributed by atoms with E-state index in [2.05, 4.69) is 15.2 Å². The second-order valence-corrected chi connectivity index (χ2v) is 10.2. The maximum absolute atomic E-state index is 12.6. The smallest absolute Gasteiger partial charge is 0.293 e. The maximum Gasteiger partial charge on any atom is 0.293 e. The minimum absolute atomic E-state index is 0.0623. The van der Waals surface area contributed by atoms with E-state index in [1.54, 1.807) is 5.38 Å². The van der Waals surface area contributed by atoms with Crippen LogP contribution in [0.15, 0.2) is 34.7 Å². The number of sulfone groups is 1. The molecule has 1 saturated carbocycles. The molecule has 1 aliphatic rings. The molecule has 0 saturated heterocycles. The molecule has 1 aromatic carbocycles. The number of anilines is 1. The number of nitrogens with zero attached hydrogens (tertiary/aromatic N) is 3. The Kier molecular flexibility index (Phi) is 6.31. The molecule has 1 aliphatic carbocycles. The number of benzene rings is 1. The van der Waals surface area contributed by atoms with Crippen LogP contribution in [0.5, 0.6) is 0 Å². The Labute approximate surface area is 168 Å². The molecule has 152 valence electrons. The lowest BCUT2D eigenvalue weighted by Crippen LogP contribution is -2.45. The van der Waals surface area contributed by atoms with Crippen molar-refractivity contribution in [1.82, 2.24) is 9.88 Å². The van der Waals surface area contributed by atoms with Gasteiger partial charge in [-0.2, -0.15) is 0 Å². The number of thiazole rings is 1. The summed E-state index contributed by atoms with van der Waals surface area (Å²) in [4.78, 5) is 17.2. The van der Waals surface area contributed by atoms with Gasteiger partial charge in [0.05, 0.1) is 9.82 Å². The first-order valence-electron chi connectivity index (χ1n) is 9.10. The van der Waals surface area contributed by atoms with Crippen molar-refractivity contribution < 1.29 is 13.3 Å². The number of hydrogen-bond acceptors (Lipinski definition) is 8. The molecule has 0 unspecified atom stereocenters. The van der Waals surface area contributed by atoms with Crippen LogP contribution in [-0.2, 0) is 15.6 Å². The zero-order valence-corrected chi connectivity index (χ0v) is 17.5. The molecule has 0 spiro atoms. The van der Waals surface area contributed by atoms with Gasteiger partial charge in [0, 0.05) is 29.7 Å². The highest BCUT2D eigenvalue weighted by atomic mass is 32.2. The molecule has 0 bridgehead atoms. The summed E-state index contributed by atoms with van der Waals surface area (Å²) in [6, 6.07) is 4.46. The van der Waals surface area contributed by atoms with Crippen LogP contribution in [0.2, 0.25) is 0 Å². The summed E-state index contributed by atoms with van der Waals surface area (Å²) in [5.74, 6) is -0.264. The first kappa shape index (κ1) is 20.7. The number of nitrogens with one attached hydrogen (secondary N) is 1. The first-order chi connectivity index (χ1) is 13.3. The van der Waals surface area contributed by atoms with Gasteiger partial charge in [0.1, 0.15) is 16.4 Å². The summed E-state index contributed by atoms with van der Waals surface area (Å²) in [7, 11) is 0.309. The summed E-state index contributed by atoms with van der Waals surface area (Å²) in [6.07, 6.45) is 5.69. The Morgan fingerprint density at radius 3 is 2.71 bits per heavy atom. The van der Waals surface area contributed by atoms with Crippen LogP contribution in [-0.4, -0.2) is 49.4 Å². The predicted molar refractivity (Wildman–Crippen MR) is 109 cm³/mol. The minimum atomic E-state index is -3.71. The number of hydrogen-bond donors (Lipinski definition) is 1. The molecule has 3 rings (SSSR count). The Balaban J connectivity index is 1.88. The molecule has 0 aliphatic heterocycles. The van der Waals surface area contributed by atoms with Crippen molar-refractivity contribution in [3.05, 3.63) is 44.9 Å². The number of rotatable bonds is 7. The van der Waals surface area contributed by atoms with E-state index in [9.17, 15) is 18.5 Å². The summed E-state index contributed by atoms with van der Waals surface area (Å²) >= 11 is 1.24. The highest BCUT2D eigenvalue weighted by Crippen LogP contribution is 2.32. The van der Waals surface area contributed by atoms with Crippen molar-refractivity contribution in [3.8, 4) is 0 Å². The molecule has 2 atom stereocenters. The molecule has 0 radical (unpaired) electrons. The highest BCUT2D eigenvalue weighted by Gasteiger charge is 2.29. The molecule has 1 fully saturated rings. The lowest BCUT2D eigenvalue weighted by atomic mass is 9.89. The van der Waals surface area contributed by atoms with Crippen molar-refractivity contribution in [1.29, 1.82) is 0 Å². The van der Waals surface area contributed by atoms with E-state index in [0.717, 1.165) is 31.7 Å². The van der Waals surface area contributed by atoms with Crippen molar-refractivity contribution in [2.24, 2.45) is 0 Å². The van der Waals surface area contributed by atoms with E-state index in [1.165, 1.54) is 29.7 Å². The fourth-order valence-corrected chi connectivity index (χ4v) is 5.92. The first-order valence-corrected chi connectivity index (χ1v) is 11.6. The van der Waals surface area contributed by atoms with E-state index in [4.69, 9.17) is 0 Å². The average Bonchev–Trinajstić information content (AvgIpc) is 3.14. The molecule has 1 heterocycles. The van der Waals surface area contributed by atoms with Crippen molar-refractivity contribution in [2.45, 2.75) is 48.4 Å². The van der Waals surface area contributed by atoms with Crippen LogP contribution in [0.1, 0.15) is 30.7 Å². The van der Waals surface area contributed by atoms with E-state index in [0.29, 0.717) is 10.7 Å². The third kappa shape index (κ3) is 4.68. The Hall–Kier alpha value is -2.04. The van der Waals surface area contributed by atoms with Gasteiger partial charge >= 0.3 is 0 Å². The quantitative estimate of drug-likeness (QED) is 0.537. The number of nitro groups is 1. The van der Waals surface area contributed by atoms with Crippen LogP contribution in [0.3, 0.4) is 0 Å². The summed E-state index contributed by atoms with van der Waals surface area (Å²) in [6.45, 7) is 0. The molecule has 10 heteroatoms. The Morgan fingerprint density at radius 2 is 2.07 bits per heavy atom. The van der Waals surface area contributed by atoms with Gasteiger partial charge in [-0.1, -0.05) is 12.8 Å². The maximum atomic E-state index is 12.6. The van der Waals surface area contributed by atoms with Gasteiger partial charge in [-0.3, -0.25) is 10.1 Å². The van der Waals surface area contributed by atoms with Gasteiger partial charge in [0.2, 0.25) is 0 Å². The molecule has 1 N–H and O–H groups in total. The topological polar surface area (TPSA) is 105 Å². The second kappa shape index (κ2) is 8.54. The molecule has 1 aromatic heterocycles. The van der Waals surface area contributed by atoms with Gasteiger partial charge < -0.3 is 10.2 Å². The molecular formula is C18H24N4O4S2. The summed E-state index contributed by atoms with van der Waals surface area (Å²) < 4.78 is 25.3. The fraction of sp³-hybridized carbons (Fsp3) is 0.500. The van der Waals surface area contributed by atoms with E-state index in [1.807, 2.05) is 14.1 Å². The third-order valence-electron chi connectivity index (χ3n) is 5.06. The van der Waals surface area contributed by atoms with Gasteiger partial charge in [-0.05, 0) is 39.1 Å². The third-order valence-corrected chi connectivity index (χ3v) is 7.64. The molecule has 0 amide bonds. The van der Waals surface area contributed by atoms with Gasteiger partial charge in [-0.15, -0.1) is 11.3 Å². The van der Waals surface area contributed by atoms with Gasteiger partial charge in [-0.25, -0.2) is 13.4 Å². The van der Waals surface area contributed by atoms with Crippen LogP contribution < -0.4 is 5.32 Å². The second-order valence-electron chi connectivity index (χ2n) is 7.19. The van der Waals surface area contributed by atoms with E-state index >= 15 is 0 Å². The van der Waals surface area contributed by atoms with E-state index in [-0.39, 0.29) is 28.4 Å². The Morgan fingerprint density at radius 1 is 1.32 bits per heavy atom. The largest absolute Gasteiger partial charge is 0.375 e. The van der Waals surface area contributed by atoms with Crippen molar-refractivity contribution in [3.63, 3.8) is 0 Å². The number of likely N-dealkylation sites (N-methyl/N-ethyl adjacent to an activating group) is 1. The summed E-state index contributed by atoms with van der Waals surface area (Å²) in [5, 5.41) is 17.1. The van der Waals surface area contributed by atoms with Crippen LogP contribution in [0.25, 0.3) is 0 Å². The lowest BCUT2D eigenvalue weighted by Gasteiger charge is -2.37. The number of aromatic nitrogens is 1. The molecular weight excluding hydrogens is 400 g/mol. The summed E-state index contributed by atoms with van der Waals surface area (Å²) in [5.41, 5.74) is 0.139. The van der Waals surface area contributed by atoms with Crippen LogP contribution >= 0.6 is 11.3 Å². The SMILES string of the molecule is CN(C)[C@H]1CCCC[C@@H]1Nc1ccc(S(=O)(=O)Cc2nccs2)cc1[N+](=O)[O-]. The predicted octanol–water partition coefficient (Wildman–Crippen LogP) is 3.31. The molecule has 8 nitrogen and oxygen atoms in total. The highest BCUT2D eigenvalue weighted by molar-refractivity contribution is 7.90. The Bertz CT molecular complexity index is 929. The van der Waals surface area contributed by atoms with Crippen LogP contribution in [0, 0.1) is 10.1 Å². The molecule has 2 aromatic rings. The van der Waals surface area contributed by atoms with Gasteiger partial charge in [0.15, 0.2) is 9.84 Å². The zero-order valence-electron chi connectivity index (χ0n) is 15.9. The van der Waals surface area contributed by atoms with E-state index < -0.39 is 14.8 Å². The minimum Gasteiger partial charge on any atom is -0.375 e. The normalized spacial score (nSPS) is 20.2. The van der Waals surface area contributed by atoms with Crippen LogP contribution in [0.4, 0.5) is 11.4 Å².